The first kappa shape index (κ1) is 22.4. The number of hydrogen-bond donors (Lipinski definition) is 0. The zero-order chi connectivity index (χ0) is 36.8. The molecule has 2 nitrogen and oxygen atoms in total. The predicted molar refractivity (Wildman–Crippen MR) is 195 cm³/mol. The largest absolute Gasteiger partial charge is 0.310 e. The van der Waals surface area contributed by atoms with Gasteiger partial charge in [0.15, 0.2) is 0 Å². The van der Waals surface area contributed by atoms with Gasteiger partial charge < -0.3 is 9.80 Å². The maximum absolute atomic E-state index is 9.04. The predicted octanol–water partition coefficient (Wildman–Crippen LogP) is 12.2. The first-order valence-corrected chi connectivity index (χ1v) is 15.9. The average Bonchev–Trinajstić information content (AvgIpc) is 3.11. The summed E-state index contributed by atoms with van der Waals surface area (Å²) in [7, 11) is 0. The molecule has 226 valence electrons. The van der Waals surface area contributed by atoms with E-state index in [-0.39, 0.29) is 22.0 Å². The molecule has 0 aromatic heterocycles. The van der Waals surface area contributed by atoms with E-state index in [1.807, 2.05) is 107 Å². The van der Waals surface area contributed by atoms with Crippen molar-refractivity contribution in [1.29, 1.82) is 0 Å². The highest BCUT2D eigenvalue weighted by atomic mass is 15.2. The third-order valence-electron chi connectivity index (χ3n) is 10.1. The van der Waals surface area contributed by atoms with Crippen LogP contribution < -0.4 is 9.80 Å². The summed E-state index contributed by atoms with van der Waals surface area (Å²) in [6.45, 7) is 3.56. The van der Waals surface area contributed by atoms with Crippen molar-refractivity contribution in [1.82, 2.24) is 0 Å². The number of hydrogen-bond acceptors (Lipinski definition) is 2. The van der Waals surface area contributed by atoms with Crippen molar-refractivity contribution in [3.63, 3.8) is 0 Å². The van der Waals surface area contributed by atoms with Crippen molar-refractivity contribution in [2.24, 2.45) is 0 Å². The van der Waals surface area contributed by atoms with E-state index >= 15 is 0 Å². The molecule has 0 saturated carbocycles. The summed E-state index contributed by atoms with van der Waals surface area (Å²) < 4.78 is 54.2. The summed E-state index contributed by atoms with van der Waals surface area (Å²) in [5.74, 6) is 0. The molecule has 0 saturated heterocycles. The minimum atomic E-state index is -2.60. The smallest absolute Gasteiger partial charge is 0.0502 e. The normalized spacial score (nSPS) is 17.9. The molecule has 0 radical (unpaired) electrons. The van der Waals surface area contributed by atoms with E-state index in [9.17, 15) is 0 Å². The van der Waals surface area contributed by atoms with Crippen molar-refractivity contribution < 1.29 is 8.22 Å². The molecule has 0 spiro atoms. The molecule has 6 aromatic rings. The molecule has 0 bridgehead atoms. The number of rotatable bonds is 3. The highest BCUT2D eigenvalue weighted by Gasteiger charge is 2.38. The second-order valence-corrected chi connectivity index (χ2v) is 13.4. The molecule has 2 heteroatoms. The molecule has 0 N–H and O–H groups in total. The highest BCUT2D eigenvalue weighted by molar-refractivity contribution is 5.92. The first-order valence-electron chi connectivity index (χ1n) is 18.9. The van der Waals surface area contributed by atoms with Crippen LogP contribution in [-0.4, -0.2) is 0 Å². The lowest BCUT2D eigenvalue weighted by Gasteiger charge is -2.43. The van der Waals surface area contributed by atoms with Crippen LogP contribution in [0.4, 0.5) is 34.1 Å². The fourth-order valence-corrected chi connectivity index (χ4v) is 7.76. The zero-order valence-electron chi connectivity index (χ0n) is 32.6. The van der Waals surface area contributed by atoms with Gasteiger partial charge in [-0.3, -0.25) is 0 Å². The van der Waals surface area contributed by atoms with Crippen LogP contribution >= 0.6 is 0 Å². The van der Waals surface area contributed by atoms with Gasteiger partial charge >= 0.3 is 0 Å². The van der Waals surface area contributed by atoms with Crippen LogP contribution in [0.25, 0.3) is 11.1 Å². The molecule has 0 atom stereocenters. The minimum absolute atomic E-state index is 0.0996. The first-order chi connectivity index (χ1) is 24.6. The van der Waals surface area contributed by atoms with Crippen LogP contribution in [0.2, 0.25) is 0 Å². The number of fused-ring (bicyclic) bond motifs is 4. The van der Waals surface area contributed by atoms with Gasteiger partial charge in [0.2, 0.25) is 0 Å². The molecule has 0 aliphatic carbocycles. The topological polar surface area (TPSA) is 6.48 Å². The van der Waals surface area contributed by atoms with E-state index in [4.69, 9.17) is 8.22 Å². The highest BCUT2D eigenvalue weighted by Crippen LogP contribution is 2.55. The molecule has 46 heavy (non-hydrogen) atoms. The molecular weight excluding hydrogens is 556 g/mol. The summed E-state index contributed by atoms with van der Waals surface area (Å²) >= 11 is 0. The standard InChI is InChI=1S/C44H40N2/c1-29-31(17-15-27-37(29)45-39-23-11-7-19-33(39)43(3,4)34-20-8-12-24-40(34)45)32-18-16-28-38(30(32)2)46-41-25-13-9-21-35(41)44(5,6)36-22-10-14-26-42(36)46/h7-28H,1-6H3/i1D3,2D3. The van der Waals surface area contributed by atoms with E-state index in [1.54, 1.807) is 12.1 Å². The second-order valence-electron chi connectivity index (χ2n) is 13.4. The SMILES string of the molecule is [2H]C([2H])([2H])c1c(-c2cccc(N3c4ccccc4C(C)(C)c4ccccc43)c2C([2H])([2H])[2H])cccc1N1c2ccccc2C(C)(C)c2ccccc21. The van der Waals surface area contributed by atoms with Crippen molar-refractivity contribution in [2.75, 3.05) is 9.80 Å². The van der Waals surface area contributed by atoms with Gasteiger partial charge in [-0.05, 0) is 94.6 Å². The lowest BCUT2D eigenvalue weighted by Crippen LogP contribution is -2.31. The van der Waals surface area contributed by atoms with Crippen LogP contribution in [0.1, 0.15) is 69.3 Å². The van der Waals surface area contributed by atoms with E-state index in [2.05, 4.69) is 52.0 Å². The van der Waals surface area contributed by atoms with E-state index in [1.165, 1.54) is 0 Å². The molecule has 0 unspecified atom stereocenters. The number of nitrogens with zero attached hydrogens (tertiary/aromatic N) is 2. The summed E-state index contributed by atoms with van der Waals surface area (Å²) in [5.41, 5.74) is 9.11. The lowest BCUT2D eigenvalue weighted by atomic mass is 9.73. The lowest BCUT2D eigenvalue weighted by molar-refractivity contribution is 0.631. The van der Waals surface area contributed by atoms with Crippen molar-refractivity contribution >= 4 is 34.1 Å². The summed E-state index contributed by atoms with van der Waals surface area (Å²) in [4.78, 5) is 4.08. The van der Waals surface area contributed by atoms with Gasteiger partial charge in [-0.1, -0.05) is 125 Å². The maximum atomic E-state index is 9.04. The summed E-state index contributed by atoms with van der Waals surface area (Å²) in [5, 5.41) is 0. The monoisotopic (exact) mass is 602 g/mol. The molecule has 2 aliphatic rings. The molecular formula is C44H40N2. The Morgan fingerprint density at radius 2 is 0.652 bits per heavy atom. The van der Waals surface area contributed by atoms with Crippen LogP contribution in [0, 0.1) is 13.7 Å². The van der Waals surface area contributed by atoms with Gasteiger partial charge in [0.1, 0.15) is 0 Å². The van der Waals surface area contributed by atoms with E-state index in [0.717, 1.165) is 45.0 Å². The second kappa shape index (κ2) is 10.2. The van der Waals surface area contributed by atoms with Crippen molar-refractivity contribution in [2.45, 2.75) is 52.2 Å². The molecule has 6 aromatic carbocycles. The van der Waals surface area contributed by atoms with Gasteiger partial charge in [-0.25, -0.2) is 0 Å². The average molecular weight is 603 g/mol. The number of benzene rings is 6. The number of para-hydroxylation sites is 4. The maximum Gasteiger partial charge on any atom is 0.0502 e. The van der Waals surface area contributed by atoms with Gasteiger partial charge in [0.05, 0.1) is 22.7 Å². The van der Waals surface area contributed by atoms with E-state index in [0.29, 0.717) is 22.5 Å². The Kier molecular flexibility index (Phi) is 4.98. The van der Waals surface area contributed by atoms with E-state index < -0.39 is 13.7 Å². The summed E-state index contributed by atoms with van der Waals surface area (Å²) in [6.07, 6.45) is 0. The van der Waals surface area contributed by atoms with Crippen LogP contribution in [-0.2, 0) is 10.8 Å². The van der Waals surface area contributed by atoms with Crippen LogP contribution in [0.3, 0.4) is 0 Å². The Morgan fingerprint density at radius 1 is 0.370 bits per heavy atom. The number of anilines is 6. The van der Waals surface area contributed by atoms with Gasteiger partial charge in [-0.15, -0.1) is 0 Å². The Labute approximate surface area is 282 Å². The molecule has 2 heterocycles. The fraction of sp³-hybridized carbons (Fsp3) is 0.182. The Bertz CT molecular complexity index is 2100. The van der Waals surface area contributed by atoms with Gasteiger partial charge in [0, 0.05) is 30.4 Å². The molecule has 2 aliphatic heterocycles. The third-order valence-corrected chi connectivity index (χ3v) is 10.1. The zero-order valence-corrected chi connectivity index (χ0v) is 26.6. The van der Waals surface area contributed by atoms with Crippen molar-refractivity contribution in [3.05, 3.63) is 167 Å². The van der Waals surface area contributed by atoms with Crippen LogP contribution in [0.5, 0.6) is 0 Å². The summed E-state index contributed by atoms with van der Waals surface area (Å²) in [6, 6.07) is 43.4. The Hall–Kier alpha value is -5.08. The van der Waals surface area contributed by atoms with Crippen molar-refractivity contribution in [3.8, 4) is 11.1 Å². The Morgan fingerprint density at radius 3 is 0.957 bits per heavy atom. The molecule has 0 fully saturated rings. The molecule has 8 rings (SSSR count). The van der Waals surface area contributed by atoms with Crippen LogP contribution in [0.15, 0.2) is 133 Å². The Balaban J connectivity index is 1.43. The molecule has 0 amide bonds. The van der Waals surface area contributed by atoms with Gasteiger partial charge in [-0.2, -0.15) is 0 Å². The fourth-order valence-electron chi connectivity index (χ4n) is 7.76. The third kappa shape index (κ3) is 3.96. The quantitative estimate of drug-likeness (QED) is 0.199. The minimum Gasteiger partial charge on any atom is -0.310 e. The van der Waals surface area contributed by atoms with Gasteiger partial charge in [0.25, 0.3) is 0 Å².